The molecule has 0 radical (unpaired) electrons. The first kappa shape index (κ1) is 10.8. The fourth-order valence-electron chi connectivity index (χ4n) is 3.05. The van der Waals surface area contributed by atoms with Gasteiger partial charge >= 0.3 is 0 Å². The normalized spacial score (nSPS) is 42.3. The van der Waals surface area contributed by atoms with E-state index in [0.29, 0.717) is 25.7 Å². The summed E-state index contributed by atoms with van der Waals surface area (Å²) >= 11 is 0. The molecule has 15 heavy (non-hydrogen) atoms. The van der Waals surface area contributed by atoms with Crippen LogP contribution in [-0.2, 0) is 9.59 Å². The zero-order valence-electron chi connectivity index (χ0n) is 9.21. The molecule has 2 fully saturated rings. The van der Waals surface area contributed by atoms with E-state index in [-0.39, 0.29) is 11.6 Å². The fourth-order valence-corrected chi connectivity index (χ4v) is 3.05. The van der Waals surface area contributed by atoms with Crippen molar-refractivity contribution >= 4 is 11.6 Å². The number of hydrogen-bond acceptors (Lipinski definition) is 3. The van der Waals surface area contributed by atoms with Crippen LogP contribution in [0.15, 0.2) is 0 Å². The number of fused-ring (bicyclic) bond motifs is 1. The van der Waals surface area contributed by atoms with E-state index >= 15 is 0 Å². The molecule has 84 valence electrons. The monoisotopic (exact) mass is 210 g/mol. The van der Waals surface area contributed by atoms with Gasteiger partial charge in [0.25, 0.3) is 0 Å². The van der Waals surface area contributed by atoms with Gasteiger partial charge in [-0.1, -0.05) is 0 Å². The summed E-state index contributed by atoms with van der Waals surface area (Å²) in [5.74, 6) is -0.0398. The van der Waals surface area contributed by atoms with E-state index in [1.54, 1.807) is 6.92 Å². The van der Waals surface area contributed by atoms with Crippen molar-refractivity contribution in [2.24, 2.45) is 5.41 Å². The molecule has 0 amide bonds. The van der Waals surface area contributed by atoms with Crippen molar-refractivity contribution in [1.29, 1.82) is 0 Å². The molecule has 3 nitrogen and oxygen atoms in total. The maximum Gasteiger partial charge on any atom is 0.165 e. The number of carbonyl (C=O) groups excluding carboxylic acids is 2. The predicted octanol–water partition coefficient (Wildman–Crippen LogP) is 1.62. The average Bonchev–Trinajstić information content (AvgIpc) is 2.30. The van der Waals surface area contributed by atoms with E-state index in [0.717, 1.165) is 19.3 Å². The maximum absolute atomic E-state index is 12.0. The van der Waals surface area contributed by atoms with E-state index < -0.39 is 11.0 Å². The van der Waals surface area contributed by atoms with Gasteiger partial charge in [-0.3, -0.25) is 9.59 Å². The Kier molecular flexibility index (Phi) is 2.45. The van der Waals surface area contributed by atoms with Gasteiger partial charge in [0, 0.05) is 12.8 Å². The highest BCUT2D eigenvalue weighted by Gasteiger charge is 2.57. The Morgan fingerprint density at radius 3 is 2.40 bits per heavy atom. The van der Waals surface area contributed by atoms with Crippen LogP contribution in [0, 0.1) is 5.41 Å². The zero-order valence-corrected chi connectivity index (χ0v) is 9.21. The smallest absolute Gasteiger partial charge is 0.165 e. The van der Waals surface area contributed by atoms with Gasteiger partial charge < -0.3 is 5.11 Å². The summed E-state index contributed by atoms with van der Waals surface area (Å²) in [5, 5.41) is 10.5. The van der Waals surface area contributed by atoms with Crippen molar-refractivity contribution < 1.29 is 14.7 Å². The van der Waals surface area contributed by atoms with E-state index in [9.17, 15) is 14.7 Å². The Balaban J connectivity index is 2.44. The molecule has 0 spiro atoms. The molecular formula is C12H18O3. The van der Waals surface area contributed by atoms with Gasteiger partial charge in [-0.05, 0) is 39.0 Å². The Bertz CT molecular complexity index is 308. The van der Waals surface area contributed by atoms with Gasteiger partial charge in [0.1, 0.15) is 11.4 Å². The van der Waals surface area contributed by atoms with Gasteiger partial charge in [-0.2, -0.15) is 0 Å². The van der Waals surface area contributed by atoms with Crippen LogP contribution in [0.2, 0.25) is 0 Å². The third kappa shape index (κ3) is 1.36. The summed E-state index contributed by atoms with van der Waals surface area (Å²) in [6.45, 7) is 1.78. The SMILES string of the molecule is C[C@@]12CCCC(=O)[C@]1(O)CCCCC2=O. The van der Waals surface area contributed by atoms with Crippen LogP contribution in [0.4, 0.5) is 0 Å². The van der Waals surface area contributed by atoms with E-state index in [2.05, 4.69) is 0 Å². The summed E-state index contributed by atoms with van der Waals surface area (Å²) in [7, 11) is 0. The lowest BCUT2D eigenvalue weighted by atomic mass is 9.60. The second kappa shape index (κ2) is 3.41. The number of ketones is 2. The van der Waals surface area contributed by atoms with Gasteiger partial charge in [-0.25, -0.2) is 0 Å². The second-order valence-corrected chi connectivity index (χ2v) is 5.10. The first-order chi connectivity index (χ1) is 7.01. The highest BCUT2D eigenvalue weighted by atomic mass is 16.3. The van der Waals surface area contributed by atoms with Crippen LogP contribution in [0.25, 0.3) is 0 Å². The highest BCUT2D eigenvalue weighted by molar-refractivity contribution is 5.98. The standard InChI is InChI=1S/C12H18O3/c1-11-7-4-6-10(14)12(11,15)8-3-2-5-9(11)13/h15H,2-8H2,1H3/t11-,12+/m0/s1. The largest absolute Gasteiger partial charge is 0.381 e. The van der Waals surface area contributed by atoms with Crippen molar-refractivity contribution in [2.75, 3.05) is 0 Å². The van der Waals surface area contributed by atoms with E-state index in [1.165, 1.54) is 0 Å². The Hall–Kier alpha value is -0.700. The molecule has 2 saturated carbocycles. The molecule has 0 aromatic heterocycles. The van der Waals surface area contributed by atoms with Crippen LogP contribution >= 0.6 is 0 Å². The summed E-state index contributed by atoms with van der Waals surface area (Å²) in [6.07, 6.45) is 4.41. The summed E-state index contributed by atoms with van der Waals surface area (Å²) in [5.41, 5.74) is -2.17. The Morgan fingerprint density at radius 1 is 1.00 bits per heavy atom. The molecule has 2 rings (SSSR count). The molecule has 2 aliphatic rings. The molecule has 0 aromatic rings. The van der Waals surface area contributed by atoms with Gasteiger partial charge in [0.15, 0.2) is 5.78 Å². The van der Waals surface area contributed by atoms with E-state index in [4.69, 9.17) is 0 Å². The minimum atomic E-state index is -1.36. The molecular weight excluding hydrogens is 192 g/mol. The minimum Gasteiger partial charge on any atom is -0.381 e. The number of Topliss-reactive ketones (excluding diaryl/α,β-unsaturated/α-hetero) is 2. The molecule has 0 saturated heterocycles. The molecule has 1 N–H and O–H groups in total. The van der Waals surface area contributed by atoms with Crippen LogP contribution in [-0.4, -0.2) is 22.3 Å². The van der Waals surface area contributed by atoms with Crippen molar-refractivity contribution in [2.45, 2.75) is 57.5 Å². The number of rotatable bonds is 0. The first-order valence-corrected chi connectivity index (χ1v) is 5.80. The summed E-state index contributed by atoms with van der Waals surface area (Å²) in [6, 6.07) is 0. The Morgan fingerprint density at radius 2 is 1.67 bits per heavy atom. The van der Waals surface area contributed by atoms with E-state index in [1.807, 2.05) is 0 Å². The van der Waals surface area contributed by atoms with Gasteiger partial charge in [-0.15, -0.1) is 0 Å². The van der Waals surface area contributed by atoms with Crippen molar-refractivity contribution in [3.05, 3.63) is 0 Å². The third-order valence-electron chi connectivity index (χ3n) is 4.26. The molecule has 0 bridgehead atoms. The molecule has 0 aliphatic heterocycles. The number of carbonyl (C=O) groups is 2. The molecule has 0 heterocycles. The minimum absolute atomic E-state index is 0.0792. The number of hydrogen-bond donors (Lipinski definition) is 1. The summed E-state index contributed by atoms with van der Waals surface area (Å²) < 4.78 is 0. The number of aliphatic hydroxyl groups is 1. The average molecular weight is 210 g/mol. The third-order valence-corrected chi connectivity index (χ3v) is 4.26. The van der Waals surface area contributed by atoms with Crippen molar-refractivity contribution in [3.63, 3.8) is 0 Å². The topological polar surface area (TPSA) is 54.4 Å². The lowest BCUT2D eigenvalue weighted by Gasteiger charge is -2.45. The van der Waals surface area contributed by atoms with Crippen molar-refractivity contribution in [3.8, 4) is 0 Å². The zero-order chi connectivity index (χ0) is 11.1. The Labute approximate surface area is 89.9 Å². The quantitative estimate of drug-likeness (QED) is 0.661. The first-order valence-electron chi connectivity index (χ1n) is 5.80. The lowest BCUT2D eigenvalue weighted by molar-refractivity contribution is -0.168. The fraction of sp³-hybridized carbons (Fsp3) is 0.833. The van der Waals surface area contributed by atoms with Crippen LogP contribution in [0.3, 0.4) is 0 Å². The lowest BCUT2D eigenvalue weighted by Crippen LogP contribution is -2.58. The van der Waals surface area contributed by atoms with Crippen LogP contribution in [0.5, 0.6) is 0 Å². The van der Waals surface area contributed by atoms with Gasteiger partial charge in [0.05, 0.1) is 5.41 Å². The molecule has 0 unspecified atom stereocenters. The van der Waals surface area contributed by atoms with Crippen LogP contribution < -0.4 is 0 Å². The molecule has 3 heteroatoms. The van der Waals surface area contributed by atoms with Crippen molar-refractivity contribution in [1.82, 2.24) is 0 Å². The molecule has 2 atom stereocenters. The molecule has 2 aliphatic carbocycles. The summed E-state index contributed by atoms with van der Waals surface area (Å²) in [4.78, 5) is 23.9. The second-order valence-electron chi connectivity index (χ2n) is 5.10. The maximum atomic E-state index is 12.0. The van der Waals surface area contributed by atoms with Gasteiger partial charge in [0.2, 0.25) is 0 Å². The highest BCUT2D eigenvalue weighted by Crippen LogP contribution is 2.48. The predicted molar refractivity (Wildman–Crippen MR) is 55.4 cm³/mol. The molecule has 0 aromatic carbocycles. The van der Waals surface area contributed by atoms with Crippen LogP contribution in [0.1, 0.15) is 51.9 Å².